The molecule has 1 heterocycles. The topological polar surface area (TPSA) is 65.0 Å². The number of aliphatic imine (C=N–C) groups is 1. The van der Waals surface area contributed by atoms with Crippen LogP contribution in [0.2, 0.25) is 0 Å². The van der Waals surface area contributed by atoms with E-state index in [1.807, 2.05) is 31.2 Å². The molecule has 0 radical (unpaired) electrons. The minimum atomic E-state index is -0.489. The van der Waals surface area contributed by atoms with Crippen LogP contribution in [-0.2, 0) is 14.3 Å². The highest BCUT2D eigenvalue weighted by molar-refractivity contribution is 6.12. The van der Waals surface area contributed by atoms with E-state index in [-0.39, 0.29) is 11.7 Å². The third kappa shape index (κ3) is 4.01. The molecule has 3 rings (SSSR count). The summed E-state index contributed by atoms with van der Waals surface area (Å²) in [5.74, 6) is -0.0218. The molecular formula is C20H17NO4. The molecule has 0 amide bonds. The van der Waals surface area contributed by atoms with Gasteiger partial charge in [0, 0.05) is 12.0 Å². The molecule has 5 nitrogen and oxygen atoms in total. The van der Waals surface area contributed by atoms with Crippen molar-refractivity contribution in [3.63, 3.8) is 0 Å². The molecule has 0 bridgehead atoms. The van der Waals surface area contributed by atoms with E-state index in [9.17, 15) is 9.59 Å². The highest BCUT2D eigenvalue weighted by Crippen LogP contribution is 2.21. The van der Waals surface area contributed by atoms with Gasteiger partial charge in [0.15, 0.2) is 5.70 Å². The third-order valence-electron chi connectivity index (χ3n) is 3.62. The molecule has 0 fully saturated rings. The molecule has 5 heteroatoms. The van der Waals surface area contributed by atoms with Gasteiger partial charge < -0.3 is 9.47 Å². The number of carbonyl (C=O) groups is 2. The highest BCUT2D eigenvalue weighted by atomic mass is 16.6. The van der Waals surface area contributed by atoms with Crippen molar-refractivity contribution >= 4 is 23.9 Å². The summed E-state index contributed by atoms with van der Waals surface area (Å²) in [6.07, 6.45) is 1.95. The normalized spacial score (nSPS) is 15.0. The van der Waals surface area contributed by atoms with E-state index in [1.54, 1.807) is 37.3 Å². The van der Waals surface area contributed by atoms with Gasteiger partial charge in [0.05, 0.1) is 0 Å². The van der Waals surface area contributed by atoms with Crippen LogP contribution in [0.25, 0.3) is 6.08 Å². The number of esters is 2. The zero-order chi connectivity index (χ0) is 17.8. The SMILES string of the molecule is CCC(=O)Oc1ccc(/C=C2\N=C(c3ccc(C)cc3)OC2=O)cc1. The molecule has 0 N–H and O–H groups in total. The first-order valence-electron chi connectivity index (χ1n) is 7.95. The molecule has 1 aliphatic heterocycles. The molecule has 25 heavy (non-hydrogen) atoms. The van der Waals surface area contributed by atoms with Crippen molar-refractivity contribution in [1.82, 2.24) is 0 Å². The van der Waals surface area contributed by atoms with Crippen LogP contribution in [0.5, 0.6) is 5.75 Å². The maximum atomic E-state index is 12.0. The van der Waals surface area contributed by atoms with E-state index < -0.39 is 5.97 Å². The Hall–Kier alpha value is -3.21. The lowest BCUT2D eigenvalue weighted by Gasteiger charge is -2.02. The number of aryl methyl sites for hydroxylation is 1. The van der Waals surface area contributed by atoms with Crippen molar-refractivity contribution in [3.8, 4) is 5.75 Å². The van der Waals surface area contributed by atoms with Crippen LogP contribution < -0.4 is 4.74 Å². The zero-order valence-electron chi connectivity index (χ0n) is 14.0. The van der Waals surface area contributed by atoms with Gasteiger partial charge in [0.25, 0.3) is 0 Å². The Labute approximate surface area is 145 Å². The fraction of sp³-hybridized carbons (Fsp3) is 0.150. The second-order valence-electron chi connectivity index (χ2n) is 5.60. The van der Waals surface area contributed by atoms with E-state index in [2.05, 4.69) is 4.99 Å². The van der Waals surface area contributed by atoms with Crippen molar-refractivity contribution in [2.75, 3.05) is 0 Å². The molecule has 0 atom stereocenters. The molecular weight excluding hydrogens is 318 g/mol. The molecule has 1 aliphatic rings. The Bertz CT molecular complexity index is 862. The lowest BCUT2D eigenvalue weighted by molar-refractivity contribution is -0.134. The molecule has 0 aliphatic carbocycles. The van der Waals surface area contributed by atoms with Crippen LogP contribution in [0, 0.1) is 6.92 Å². The van der Waals surface area contributed by atoms with Crippen LogP contribution in [0.3, 0.4) is 0 Å². The standard InChI is InChI=1S/C20H17NO4/c1-3-18(22)24-16-10-6-14(7-11-16)12-17-20(23)25-19(21-17)15-8-4-13(2)5-9-15/h4-12H,3H2,1-2H3/b17-12-. The van der Waals surface area contributed by atoms with Gasteiger partial charge in [-0.15, -0.1) is 0 Å². The lowest BCUT2D eigenvalue weighted by atomic mass is 10.1. The first-order valence-corrected chi connectivity index (χ1v) is 7.95. The number of hydrogen-bond acceptors (Lipinski definition) is 5. The van der Waals surface area contributed by atoms with Crippen LogP contribution in [0.4, 0.5) is 0 Å². The molecule has 0 unspecified atom stereocenters. The van der Waals surface area contributed by atoms with Crippen LogP contribution in [0.1, 0.15) is 30.0 Å². The monoisotopic (exact) mass is 335 g/mol. The first kappa shape index (κ1) is 16.6. The predicted molar refractivity (Wildman–Crippen MR) is 94.2 cm³/mol. The van der Waals surface area contributed by atoms with E-state index in [1.165, 1.54) is 0 Å². The summed E-state index contributed by atoms with van der Waals surface area (Å²) in [6.45, 7) is 3.72. The zero-order valence-corrected chi connectivity index (χ0v) is 14.0. The number of rotatable bonds is 4. The molecule has 2 aromatic carbocycles. The van der Waals surface area contributed by atoms with Crippen molar-refractivity contribution in [2.45, 2.75) is 20.3 Å². The highest BCUT2D eigenvalue weighted by Gasteiger charge is 2.23. The van der Waals surface area contributed by atoms with Gasteiger partial charge >= 0.3 is 11.9 Å². The minimum absolute atomic E-state index is 0.230. The quantitative estimate of drug-likeness (QED) is 0.486. The van der Waals surface area contributed by atoms with Gasteiger partial charge in [-0.3, -0.25) is 4.79 Å². The number of cyclic esters (lactones) is 1. The fourth-order valence-electron chi connectivity index (χ4n) is 2.22. The Kier molecular flexibility index (Phi) is 4.75. The lowest BCUT2D eigenvalue weighted by Crippen LogP contribution is -2.05. The fourth-order valence-corrected chi connectivity index (χ4v) is 2.22. The third-order valence-corrected chi connectivity index (χ3v) is 3.62. The van der Waals surface area contributed by atoms with Gasteiger partial charge in [0.2, 0.25) is 5.90 Å². The molecule has 126 valence electrons. The van der Waals surface area contributed by atoms with E-state index in [0.29, 0.717) is 18.1 Å². The van der Waals surface area contributed by atoms with Gasteiger partial charge in [0.1, 0.15) is 5.75 Å². The Morgan fingerprint density at radius 2 is 1.80 bits per heavy atom. The Morgan fingerprint density at radius 3 is 2.44 bits per heavy atom. The van der Waals surface area contributed by atoms with Crippen molar-refractivity contribution < 1.29 is 19.1 Å². The smallest absolute Gasteiger partial charge is 0.363 e. The summed E-state index contributed by atoms with van der Waals surface area (Å²) < 4.78 is 10.4. The van der Waals surface area contributed by atoms with Crippen LogP contribution in [0.15, 0.2) is 59.2 Å². The van der Waals surface area contributed by atoms with Gasteiger partial charge in [-0.1, -0.05) is 36.8 Å². The van der Waals surface area contributed by atoms with Crippen molar-refractivity contribution in [3.05, 3.63) is 70.9 Å². The number of nitrogens with zero attached hydrogens (tertiary/aromatic N) is 1. The first-order chi connectivity index (χ1) is 12.0. The van der Waals surface area contributed by atoms with Gasteiger partial charge in [-0.25, -0.2) is 9.79 Å². The van der Waals surface area contributed by atoms with Crippen LogP contribution in [-0.4, -0.2) is 17.8 Å². The molecule has 2 aromatic rings. The predicted octanol–water partition coefficient (Wildman–Crippen LogP) is 3.65. The number of hydrogen-bond donors (Lipinski definition) is 0. The maximum absolute atomic E-state index is 12.0. The molecule has 0 aromatic heterocycles. The summed E-state index contributed by atoms with van der Waals surface area (Å²) in [6, 6.07) is 14.4. The molecule has 0 saturated carbocycles. The van der Waals surface area contributed by atoms with Crippen LogP contribution >= 0.6 is 0 Å². The van der Waals surface area contributed by atoms with Gasteiger partial charge in [-0.05, 0) is 42.8 Å². The summed E-state index contributed by atoms with van der Waals surface area (Å²) in [5, 5.41) is 0. The Morgan fingerprint density at radius 1 is 1.12 bits per heavy atom. The van der Waals surface area contributed by atoms with E-state index >= 15 is 0 Å². The summed E-state index contributed by atoms with van der Waals surface area (Å²) in [4.78, 5) is 27.5. The minimum Gasteiger partial charge on any atom is -0.427 e. The molecule has 0 saturated heterocycles. The number of benzene rings is 2. The summed E-state index contributed by atoms with van der Waals surface area (Å²) in [5.41, 5.74) is 2.86. The van der Waals surface area contributed by atoms with Crippen molar-refractivity contribution in [2.24, 2.45) is 4.99 Å². The average Bonchev–Trinajstić information content (AvgIpc) is 2.98. The summed E-state index contributed by atoms with van der Waals surface area (Å²) >= 11 is 0. The summed E-state index contributed by atoms with van der Waals surface area (Å²) in [7, 11) is 0. The van der Waals surface area contributed by atoms with E-state index in [0.717, 1.165) is 16.7 Å². The van der Waals surface area contributed by atoms with Crippen molar-refractivity contribution in [1.29, 1.82) is 0 Å². The number of ether oxygens (including phenoxy) is 2. The largest absolute Gasteiger partial charge is 0.427 e. The Balaban J connectivity index is 1.79. The van der Waals surface area contributed by atoms with Gasteiger partial charge in [-0.2, -0.15) is 0 Å². The number of carbonyl (C=O) groups excluding carboxylic acids is 2. The molecule has 0 spiro atoms. The second kappa shape index (κ2) is 7.13. The second-order valence-corrected chi connectivity index (χ2v) is 5.60. The van der Waals surface area contributed by atoms with E-state index in [4.69, 9.17) is 9.47 Å². The maximum Gasteiger partial charge on any atom is 0.363 e. The average molecular weight is 335 g/mol.